The van der Waals surface area contributed by atoms with E-state index in [4.69, 9.17) is 4.74 Å². The molecule has 3 aromatic carbocycles. The summed E-state index contributed by atoms with van der Waals surface area (Å²) in [5.74, 6) is -1.20. The van der Waals surface area contributed by atoms with E-state index in [9.17, 15) is 19.5 Å². The topological polar surface area (TPSA) is 95.9 Å². The minimum absolute atomic E-state index is 0.0451. The maximum Gasteiger partial charge on any atom is 0.407 e. The molecule has 4 rings (SSSR count). The second-order valence-electron chi connectivity index (χ2n) is 9.96. The van der Waals surface area contributed by atoms with Crippen LogP contribution >= 0.6 is 0 Å². The van der Waals surface area contributed by atoms with E-state index < -0.39 is 18.1 Å². The Labute approximate surface area is 229 Å². The molecule has 0 radical (unpaired) electrons. The van der Waals surface area contributed by atoms with Crippen LogP contribution < -0.4 is 5.32 Å². The molecule has 7 nitrogen and oxygen atoms in total. The number of ether oxygens (including phenoxy) is 1. The number of unbranched alkanes of at least 4 members (excludes halogenated alkanes) is 1. The zero-order valence-corrected chi connectivity index (χ0v) is 22.3. The van der Waals surface area contributed by atoms with Gasteiger partial charge in [0.05, 0.1) is 6.42 Å². The molecular weight excluding hydrogens is 492 g/mol. The first-order valence-electron chi connectivity index (χ1n) is 13.6. The van der Waals surface area contributed by atoms with E-state index in [1.807, 2.05) is 54.6 Å². The Morgan fingerprint density at radius 1 is 0.923 bits per heavy atom. The van der Waals surface area contributed by atoms with Gasteiger partial charge >= 0.3 is 12.1 Å². The molecule has 0 heterocycles. The Morgan fingerprint density at radius 2 is 1.54 bits per heavy atom. The van der Waals surface area contributed by atoms with Gasteiger partial charge in [-0.05, 0) is 34.2 Å². The SMILES string of the molecule is CCCCC(CC(=O)N(CCC(=O)O)Cc1ccccc1)NC(=O)OCC1c2ccccc2-c2ccccc21. The lowest BCUT2D eigenvalue weighted by atomic mass is 9.98. The number of aliphatic carboxylic acids is 1. The van der Waals surface area contributed by atoms with Crippen molar-refractivity contribution < 1.29 is 24.2 Å². The molecule has 0 saturated heterocycles. The van der Waals surface area contributed by atoms with Crippen molar-refractivity contribution >= 4 is 18.0 Å². The molecule has 204 valence electrons. The van der Waals surface area contributed by atoms with E-state index in [1.54, 1.807) is 4.90 Å². The first-order valence-corrected chi connectivity index (χ1v) is 13.6. The summed E-state index contributed by atoms with van der Waals surface area (Å²) in [6.07, 6.45) is 1.78. The van der Waals surface area contributed by atoms with Gasteiger partial charge in [0, 0.05) is 31.5 Å². The molecular formula is C32H36N2O5. The van der Waals surface area contributed by atoms with Crippen molar-refractivity contribution in [3.8, 4) is 11.1 Å². The van der Waals surface area contributed by atoms with Crippen molar-refractivity contribution in [1.82, 2.24) is 10.2 Å². The van der Waals surface area contributed by atoms with Crippen molar-refractivity contribution in [3.05, 3.63) is 95.6 Å². The van der Waals surface area contributed by atoms with Crippen molar-refractivity contribution in [2.75, 3.05) is 13.2 Å². The lowest BCUT2D eigenvalue weighted by Gasteiger charge is -2.26. The maximum atomic E-state index is 13.3. The third-order valence-corrected chi connectivity index (χ3v) is 7.16. The summed E-state index contributed by atoms with van der Waals surface area (Å²) in [7, 11) is 0. The number of carboxylic acid groups (broad SMARTS) is 1. The average Bonchev–Trinajstić information content (AvgIpc) is 3.26. The van der Waals surface area contributed by atoms with Crippen molar-refractivity contribution in [1.29, 1.82) is 0 Å². The number of benzene rings is 3. The minimum atomic E-state index is -0.958. The summed E-state index contributed by atoms with van der Waals surface area (Å²) in [6.45, 7) is 2.68. The number of carbonyl (C=O) groups excluding carboxylic acids is 2. The van der Waals surface area contributed by atoms with E-state index in [2.05, 4.69) is 36.5 Å². The largest absolute Gasteiger partial charge is 0.481 e. The summed E-state index contributed by atoms with van der Waals surface area (Å²) in [6, 6.07) is 25.4. The number of fused-ring (bicyclic) bond motifs is 3. The van der Waals surface area contributed by atoms with Crippen molar-refractivity contribution in [3.63, 3.8) is 0 Å². The fraction of sp³-hybridized carbons (Fsp3) is 0.344. The summed E-state index contributed by atoms with van der Waals surface area (Å²) in [5, 5.41) is 12.1. The van der Waals surface area contributed by atoms with Gasteiger partial charge in [0.15, 0.2) is 0 Å². The molecule has 0 bridgehead atoms. The first-order chi connectivity index (χ1) is 19.0. The number of carboxylic acids is 1. The number of amides is 2. The van der Waals surface area contributed by atoms with Crippen LogP contribution in [0.4, 0.5) is 4.79 Å². The predicted molar refractivity (Wildman–Crippen MR) is 150 cm³/mol. The van der Waals surface area contributed by atoms with Crippen LogP contribution in [0.3, 0.4) is 0 Å². The third kappa shape index (κ3) is 7.47. The van der Waals surface area contributed by atoms with Crippen LogP contribution in [-0.4, -0.2) is 47.2 Å². The second kappa shape index (κ2) is 13.6. The van der Waals surface area contributed by atoms with E-state index in [1.165, 1.54) is 0 Å². The molecule has 2 amide bonds. The highest BCUT2D eigenvalue weighted by atomic mass is 16.5. The monoisotopic (exact) mass is 528 g/mol. The second-order valence-corrected chi connectivity index (χ2v) is 9.96. The van der Waals surface area contributed by atoms with Crippen LogP contribution in [-0.2, 0) is 20.9 Å². The lowest BCUT2D eigenvalue weighted by Crippen LogP contribution is -2.41. The Morgan fingerprint density at radius 3 is 2.15 bits per heavy atom. The molecule has 0 aromatic heterocycles. The van der Waals surface area contributed by atoms with E-state index in [0.717, 1.165) is 40.7 Å². The zero-order chi connectivity index (χ0) is 27.6. The van der Waals surface area contributed by atoms with Crippen LogP contribution in [0.5, 0.6) is 0 Å². The number of rotatable bonds is 13. The van der Waals surface area contributed by atoms with Crippen LogP contribution in [0.15, 0.2) is 78.9 Å². The van der Waals surface area contributed by atoms with Crippen molar-refractivity contribution in [2.24, 2.45) is 0 Å². The van der Waals surface area contributed by atoms with Gasteiger partial charge in [0.2, 0.25) is 5.91 Å². The summed E-state index contributed by atoms with van der Waals surface area (Å²) < 4.78 is 5.71. The van der Waals surface area contributed by atoms with E-state index in [0.29, 0.717) is 13.0 Å². The number of nitrogens with one attached hydrogen (secondary N) is 1. The molecule has 39 heavy (non-hydrogen) atoms. The lowest BCUT2D eigenvalue weighted by molar-refractivity contribution is -0.138. The minimum Gasteiger partial charge on any atom is -0.481 e. The maximum absolute atomic E-state index is 13.3. The zero-order valence-electron chi connectivity index (χ0n) is 22.3. The van der Waals surface area contributed by atoms with Crippen molar-refractivity contribution in [2.45, 2.75) is 57.5 Å². The molecule has 1 unspecified atom stereocenters. The van der Waals surface area contributed by atoms with Gasteiger partial charge in [-0.15, -0.1) is 0 Å². The molecule has 0 fully saturated rings. The predicted octanol–water partition coefficient (Wildman–Crippen LogP) is 5.98. The average molecular weight is 529 g/mol. The first kappa shape index (κ1) is 27.9. The molecule has 3 aromatic rings. The van der Waals surface area contributed by atoms with Crippen LogP contribution in [0.2, 0.25) is 0 Å². The Balaban J connectivity index is 1.39. The van der Waals surface area contributed by atoms with E-state index in [-0.39, 0.29) is 37.8 Å². The molecule has 2 N–H and O–H groups in total. The Hall–Kier alpha value is -4.13. The highest BCUT2D eigenvalue weighted by Gasteiger charge is 2.29. The Kier molecular flexibility index (Phi) is 9.73. The number of carbonyl (C=O) groups is 3. The standard InChI is InChI=1S/C32H36N2O5/c1-2-3-13-24(20-30(35)34(19-18-31(36)37)21-23-11-5-4-6-12-23)33-32(38)39-22-29-27-16-9-7-14-25(27)26-15-8-10-17-28(26)29/h4-12,14-17,24,29H,2-3,13,18-22H2,1H3,(H,33,38)(H,36,37). The molecule has 1 aliphatic rings. The highest BCUT2D eigenvalue weighted by Crippen LogP contribution is 2.44. The molecule has 0 aliphatic heterocycles. The summed E-state index contributed by atoms with van der Waals surface area (Å²) in [4.78, 5) is 39.0. The third-order valence-electron chi connectivity index (χ3n) is 7.16. The number of alkyl carbamates (subject to hydrolysis) is 1. The van der Waals surface area contributed by atoms with Gasteiger partial charge in [-0.3, -0.25) is 9.59 Å². The van der Waals surface area contributed by atoms with Gasteiger partial charge in [-0.2, -0.15) is 0 Å². The van der Waals surface area contributed by atoms with Gasteiger partial charge in [-0.25, -0.2) is 4.79 Å². The highest BCUT2D eigenvalue weighted by molar-refractivity contribution is 5.80. The number of hydrogen-bond acceptors (Lipinski definition) is 4. The van der Waals surface area contributed by atoms with E-state index >= 15 is 0 Å². The summed E-state index contributed by atoms with van der Waals surface area (Å²) in [5.41, 5.74) is 5.52. The number of nitrogens with zero attached hydrogens (tertiary/aromatic N) is 1. The van der Waals surface area contributed by atoms with Gasteiger partial charge in [0.1, 0.15) is 6.61 Å². The van der Waals surface area contributed by atoms with Gasteiger partial charge < -0.3 is 20.1 Å². The fourth-order valence-corrected chi connectivity index (χ4v) is 5.15. The van der Waals surface area contributed by atoms with Crippen LogP contribution in [0, 0.1) is 0 Å². The normalized spacial score (nSPS) is 12.7. The smallest absolute Gasteiger partial charge is 0.407 e. The molecule has 1 aliphatic carbocycles. The van der Waals surface area contributed by atoms with Crippen LogP contribution in [0.1, 0.15) is 61.6 Å². The summed E-state index contributed by atoms with van der Waals surface area (Å²) >= 11 is 0. The molecule has 0 saturated carbocycles. The molecule has 7 heteroatoms. The van der Waals surface area contributed by atoms with Gasteiger partial charge in [0.25, 0.3) is 0 Å². The fourth-order valence-electron chi connectivity index (χ4n) is 5.15. The Bertz CT molecular complexity index is 1230. The molecule has 1 atom stereocenters. The quantitative estimate of drug-likeness (QED) is 0.285. The van der Waals surface area contributed by atoms with Crippen LogP contribution in [0.25, 0.3) is 11.1 Å². The van der Waals surface area contributed by atoms with Gasteiger partial charge in [-0.1, -0.05) is 98.6 Å². The molecule has 0 spiro atoms. The number of hydrogen-bond donors (Lipinski definition) is 2.